The summed E-state index contributed by atoms with van der Waals surface area (Å²) < 4.78 is 7.60. The van der Waals surface area contributed by atoms with Gasteiger partial charge in [-0.05, 0) is 50.1 Å². The van der Waals surface area contributed by atoms with Gasteiger partial charge in [0, 0.05) is 48.4 Å². The van der Waals surface area contributed by atoms with Crippen LogP contribution in [-0.4, -0.2) is 43.6 Å². The van der Waals surface area contributed by atoms with E-state index in [1.165, 1.54) is 6.33 Å². The first kappa shape index (κ1) is 21.2. The lowest BCUT2D eigenvalue weighted by molar-refractivity contribution is 0.0955. The number of hydrogen-bond donors (Lipinski definition) is 2. The minimum atomic E-state index is -0.131. The molecule has 3 heterocycles. The van der Waals surface area contributed by atoms with E-state index in [-0.39, 0.29) is 5.91 Å². The molecule has 0 fully saturated rings. The molecular weight excluding hydrogens is 406 g/mol. The van der Waals surface area contributed by atoms with Gasteiger partial charge in [-0.3, -0.25) is 9.78 Å². The van der Waals surface area contributed by atoms with Crippen molar-refractivity contribution >= 4 is 17.5 Å². The third-order valence-electron chi connectivity index (χ3n) is 4.93. The van der Waals surface area contributed by atoms with Crippen LogP contribution < -0.4 is 15.4 Å². The number of carbonyl (C=O) groups is 1. The maximum atomic E-state index is 12.7. The standard InChI is InChI=1S/C23H25N7O2/c1-15-9-19(10-16(2)21(15)32-13-18-5-4-6-24-12-18)22(31)26-8-7-25-20-11-17(3)29-23-27-14-28-30(20)23/h4-6,9-12,14,25H,7-8,13H2,1-3H3,(H,26,31). The predicted molar refractivity (Wildman–Crippen MR) is 121 cm³/mol. The van der Waals surface area contributed by atoms with Crippen LogP contribution in [0.2, 0.25) is 0 Å². The highest BCUT2D eigenvalue weighted by Crippen LogP contribution is 2.25. The average Bonchev–Trinajstić information content (AvgIpc) is 3.25. The number of nitrogens with one attached hydrogen (secondary N) is 2. The topological polar surface area (TPSA) is 106 Å². The van der Waals surface area contributed by atoms with E-state index in [2.05, 4.69) is 30.7 Å². The summed E-state index contributed by atoms with van der Waals surface area (Å²) in [5.41, 5.74) is 4.27. The Kier molecular flexibility index (Phi) is 6.25. The van der Waals surface area contributed by atoms with Crippen LogP contribution in [-0.2, 0) is 6.61 Å². The van der Waals surface area contributed by atoms with Crippen molar-refractivity contribution in [1.29, 1.82) is 0 Å². The molecule has 0 unspecified atom stereocenters. The quantitative estimate of drug-likeness (QED) is 0.413. The molecule has 1 amide bonds. The van der Waals surface area contributed by atoms with Crippen LogP contribution in [0.25, 0.3) is 5.78 Å². The van der Waals surface area contributed by atoms with Gasteiger partial charge in [-0.1, -0.05) is 6.07 Å². The van der Waals surface area contributed by atoms with Crippen LogP contribution >= 0.6 is 0 Å². The van der Waals surface area contributed by atoms with Crippen LogP contribution in [0.4, 0.5) is 5.82 Å². The molecule has 0 saturated heterocycles. The molecule has 164 valence electrons. The van der Waals surface area contributed by atoms with Crippen molar-refractivity contribution < 1.29 is 9.53 Å². The molecule has 0 radical (unpaired) electrons. The second-order valence-corrected chi connectivity index (χ2v) is 7.53. The lowest BCUT2D eigenvalue weighted by Crippen LogP contribution is -2.29. The van der Waals surface area contributed by atoms with E-state index >= 15 is 0 Å². The number of ether oxygens (including phenoxy) is 1. The van der Waals surface area contributed by atoms with Gasteiger partial charge in [0.25, 0.3) is 11.7 Å². The Hall–Kier alpha value is -4.01. The van der Waals surface area contributed by atoms with E-state index in [0.29, 0.717) is 31.0 Å². The summed E-state index contributed by atoms with van der Waals surface area (Å²) >= 11 is 0. The van der Waals surface area contributed by atoms with Crippen molar-refractivity contribution in [3.63, 3.8) is 0 Å². The van der Waals surface area contributed by atoms with Crippen molar-refractivity contribution in [3.05, 3.63) is 77.0 Å². The second kappa shape index (κ2) is 9.42. The maximum absolute atomic E-state index is 12.7. The zero-order chi connectivity index (χ0) is 22.5. The van der Waals surface area contributed by atoms with Crippen molar-refractivity contribution in [2.45, 2.75) is 27.4 Å². The van der Waals surface area contributed by atoms with Gasteiger partial charge in [0.1, 0.15) is 24.5 Å². The number of amides is 1. The molecule has 9 heteroatoms. The van der Waals surface area contributed by atoms with Gasteiger partial charge < -0.3 is 15.4 Å². The van der Waals surface area contributed by atoms with Crippen LogP contribution in [0.3, 0.4) is 0 Å². The third-order valence-corrected chi connectivity index (χ3v) is 4.93. The summed E-state index contributed by atoms with van der Waals surface area (Å²) in [6.45, 7) is 7.21. The molecule has 0 aliphatic carbocycles. The molecular formula is C23H25N7O2. The first-order valence-electron chi connectivity index (χ1n) is 10.3. The van der Waals surface area contributed by atoms with E-state index in [0.717, 1.165) is 34.0 Å². The molecule has 0 spiro atoms. The van der Waals surface area contributed by atoms with Gasteiger partial charge in [-0.25, -0.2) is 4.98 Å². The Morgan fingerprint density at radius 1 is 1.12 bits per heavy atom. The molecule has 0 bridgehead atoms. The number of anilines is 1. The monoisotopic (exact) mass is 431 g/mol. The third kappa shape index (κ3) is 4.83. The number of benzene rings is 1. The molecule has 4 rings (SSSR count). The van der Waals surface area contributed by atoms with Gasteiger partial charge in [-0.2, -0.15) is 14.6 Å². The predicted octanol–water partition coefficient (Wildman–Crippen LogP) is 2.87. The number of aromatic nitrogens is 5. The van der Waals surface area contributed by atoms with Crippen molar-refractivity contribution in [2.75, 3.05) is 18.4 Å². The number of fused-ring (bicyclic) bond motifs is 1. The minimum absolute atomic E-state index is 0.131. The number of pyridine rings is 1. The lowest BCUT2D eigenvalue weighted by Gasteiger charge is -2.14. The SMILES string of the molecule is Cc1cc(NCCNC(=O)c2cc(C)c(OCc3cccnc3)c(C)c2)n2ncnc2n1. The fourth-order valence-corrected chi connectivity index (χ4v) is 3.47. The molecule has 4 aromatic rings. The Morgan fingerprint density at radius 3 is 2.69 bits per heavy atom. The minimum Gasteiger partial charge on any atom is -0.488 e. The Balaban J connectivity index is 1.33. The number of carbonyl (C=O) groups excluding carboxylic acids is 1. The lowest BCUT2D eigenvalue weighted by atomic mass is 10.0. The first-order valence-corrected chi connectivity index (χ1v) is 10.3. The summed E-state index contributed by atoms with van der Waals surface area (Å²) in [7, 11) is 0. The fraction of sp³-hybridized carbons (Fsp3) is 0.261. The molecule has 0 aliphatic rings. The molecule has 0 atom stereocenters. The first-order chi connectivity index (χ1) is 15.5. The van der Waals surface area contributed by atoms with Crippen molar-refractivity contribution in [3.8, 4) is 5.75 Å². The van der Waals surface area contributed by atoms with Crippen LogP contribution in [0, 0.1) is 20.8 Å². The number of rotatable bonds is 8. The molecule has 0 aliphatic heterocycles. The van der Waals surface area contributed by atoms with Gasteiger partial charge in [-0.15, -0.1) is 0 Å². The normalized spacial score (nSPS) is 10.8. The maximum Gasteiger partial charge on any atom is 0.254 e. The van der Waals surface area contributed by atoms with Crippen LogP contribution in [0.1, 0.15) is 32.7 Å². The number of nitrogens with zero attached hydrogens (tertiary/aromatic N) is 5. The Morgan fingerprint density at radius 2 is 1.94 bits per heavy atom. The molecule has 32 heavy (non-hydrogen) atoms. The van der Waals surface area contributed by atoms with Crippen molar-refractivity contribution in [2.24, 2.45) is 0 Å². The summed E-state index contributed by atoms with van der Waals surface area (Å²) in [4.78, 5) is 25.2. The smallest absolute Gasteiger partial charge is 0.254 e. The second-order valence-electron chi connectivity index (χ2n) is 7.53. The molecule has 3 aromatic heterocycles. The average molecular weight is 432 g/mol. The summed E-state index contributed by atoms with van der Waals surface area (Å²) in [5, 5.41) is 10.4. The summed E-state index contributed by atoms with van der Waals surface area (Å²) in [5.74, 6) is 1.97. The van der Waals surface area contributed by atoms with Gasteiger partial charge >= 0.3 is 0 Å². The highest BCUT2D eigenvalue weighted by atomic mass is 16.5. The van der Waals surface area contributed by atoms with E-state index in [1.54, 1.807) is 16.9 Å². The Bertz CT molecular complexity index is 1210. The molecule has 1 aromatic carbocycles. The largest absolute Gasteiger partial charge is 0.488 e. The Labute approximate surface area is 185 Å². The highest BCUT2D eigenvalue weighted by molar-refractivity contribution is 5.94. The molecule has 0 saturated carbocycles. The summed E-state index contributed by atoms with van der Waals surface area (Å²) in [6.07, 6.45) is 4.97. The molecule has 2 N–H and O–H groups in total. The van der Waals surface area contributed by atoms with Crippen LogP contribution in [0.5, 0.6) is 5.75 Å². The van der Waals surface area contributed by atoms with Gasteiger partial charge in [0.05, 0.1) is 0 Å². The number of hydrogen-bond acceptors (Lipinski definition) is 7. The highest BCUT2D eigenvalue weighted by Gasteiger charge is 2.12. The van der Waals surface area contributed by atoms with E-state index < -0.39 is 0 Å². The zero-order valence-electron chi connectivity index (χ0n) is 18.3. The fourth-order valence-electron chi connectivity index (χ4n) is 3.47. The zero-order valence-corrected chi connectivity index (χ0v) is 18.3. The van der Waals surface area contributed by atoms with Crippen LogP contribution in [0.15, 0.2) is 49.1 Å². The van der Waals surface area contributed by atoms with Gasteiger partial charge in [0.2, 0.25) is 0 Å². The molecule has 9 nitrogen and oxygen atoms in total. The van der Waals surface area contributed by atoms with E-state index in [4.69, 9.17) is 4.74 Å². The van der Waals surface area contributed by atoms with E-state index in [1.807, 2.05) is 51.1 Å². The van der Waals surface area contributed by atoms with Gasteiger partial charge in [0.15, 0.2) is 0 Å². The summed E-state index contributed by atoms with van der Waals surface area (Å²) in [6, 6.07) is 9.43. The van der Waals surface area contributed by atoms with Crippen molar-refractivity contribution in [1.82, 2.24) is 29.9 Å². The number of aryl methyl sites for hydroxylation is 3. The van der Waals surface area contributed by atoms with E-state index in [9.17, 15) is 4.79 Å².